The zero-order valence-electron chi connectivity index (χ0n) is 11.1. The largest absolute Gasteiger partial charge is 0.465 e. The lowest BCUT2D eigenvalue weighted by atomic mass is 10.0. The van der Waals surface area contributed by atoms with Crippen molar-refractivity contribution in [2.75, 3.05) is 13.2 Å². The first-order valence-electron chi connectivity index (χ1n) is 5.87. The van der Waals surface area contributed by atoms with Crippen molar-refractivity contribution >= 4 is 5.97 Å². The standard InChI is InChI=1S/C12H25NO3/c1-6-15-11(14)12(5,13)8-16-10(4)7-9(2)3/h9-10H,6-8,13H2,1-5H3. The van der Waals surface area contributed by atoms with Crippen LogP contribution >= 0.6 is 0 Å². The Hall–Kier alpha value is -0.610. The highest BCUT2D eigenvalue weighted by Crippen LogP contribution is 2.11. The van der Waals surface area contributed by atoms with Gasteiger partial charge in [-0.2, -0.15) is 0 Å². The van der Waals surface area contributed by atoms with Gasteiger partial charge in [0.2, 0.25) is 0 Å². The predicted molar refractivity (Wildman–Crippen MR) is 64.1 cm³/mol. The minimum absolute atomic E-state index is 0.109. The normalized spacial score (nSPS) is 16.9. The van der Waals surface area contributed by atoms with E-state index in [0.29, 0.717) is 12.5 Å². The molecule has 0 bridgehead atoms. The molecule has 4 nitrogen and oxygen atoms in total. The molecule has 0 saturated carbocycles. The van der Waals surface area contributed by atoms with E-state index in [0.717, 1.165) is 6.42 Å². The van der Waals surface area contributed by atoms with Gasteiger partial charge in [0, 0.05) is 0 Å². The van der Waals surface area contributed by atoms with Crippen molar-refractivity contribution in [2.24, 2.45) is 11.7 Å². The van der Waals surface area contributed by atoms with E-state index in [2.05, 4.69) is 13.8 Å². The minimum Gasteiger partial charge on any atom is -0.465 e. The topological polar surface area (TPSA) is 61.5 Å². The zero-order chi connectivity index (χ0) is 12.8. The summed E-state index contributed by atoms with van der Waals surface area (Å²) in [5.74, 6) is 0.161. The average Bonchev–Trinajstić information content (AvgIpc) is 2.14. The zero-order valence-corrected chi connectivity index (χ0v) is 11.1. The van der Waals surface area contributed by atoms with Crippen LogP contribution in [0, 0.1) is 5.92 Å². The molecule has 2 unspecified atom stereocenters. The Labute approximate surface area is 98.5 Å². The number of esters is 1. The van der Waals surface area contributed by atoms with Crippen LogP contribution in [0.15, 0.2) is 0 Å². The smallest absolute Gasteiger partial charge is 0.328 e. The minimum atomic E-state index is -1.05. The summed E-state index contributed by atoms with van der Waals surface area (Å²) in [6.45, 7) is 10.2. The van der Waals surface area contributed by atoms with E-state index < -0.39 is 11.5 Å². The van der Waals surface area contributed by atoms with Crippen molar-refractivity contribution in [3.8, 4) is 0 Å². The maximum Gasteiger partial charge on any atom is 0.328 e. The van der Waals surface area contributed by atoms with Gasteiger partial charge in [0.1, 0.15) is 5.54 Å². The highest BCUT2D eigenvalue weighted by atomic mass is 16.5. The molecular weight excluding hydrogens is 206 g/mol. The number of nitrogens with two attached hydrogens (primary N) is 1. The van der Waals surface area contributed by atoms with Crippen molar-refractivity contribution in [1.82, 2.24) is 0 Å². The molecule has 0 amide bonds. The number of carbonyl (C=O) groups excluding carboxylic acids is 1. The fraction of sp³-hybridized carbons (Fsp3) is 0.917. The van der Waals surface area contributed by atoms with Gasteiger partial charge < -0.3 is 15.2 Å². The molecule has 0 aliphatic carbocycles. The number of hydrogen-bond donors (Lipinski definition) is 1. The second-order valence-corrected chi connectivity index (χ2v) is 4.89. The predicted octanol–water partition coefficient (Wildman–Crippen LogP) is 1.72. The SMILES string of the molecule is CCOC(=O)C(C)(N)COC(C)CC(C)C. The fourth-order valence-corrected chi connectivity index (χ4v) is 1.40. The van der Waals surface area contributed by atoms with E-state index in [1.54, 1.807) is 13.8 Å². The lowest BCUT2D eigenvalue weighted by molar-refractivity contribution is -0.152. The Morgan fingerprint density at radius 1 is 1.38 bits per heavy atom. The summed E-state index contributed by atoms with van der Waals surface area (Å²) in [6, 6.07) is 0. The van der Waals surface area contributed by atoms with Gasteiger partial charge in [-0.05, 0) is 33.1 Å². The lowest BCUT2D eigenvalue weighted by Crippen LogP contribution is -2.50. The van der Waals surface area contributed by atoms with Crippen molar-refractivity contribution in [3.05, 3.63) is 0 Å². The summed E-state index contributed by atoms with van der Waals surface area (Å²) in [5.41, 5.74) is 4.77. The molecule has 0 aliphatic rings. The van der Waals surface area contributed by atoms with Crippen LogP contribution in [0.4, 0.5) is 0 Å². The van der Waals surface area contributed by atoms with E-state index in [1.165, 1.54) is 0 Å². The Morgan fingerprint density at radius 3 is 2.38 bits per heavy atom. The first kappa shape index (κ1) is 15.4. The third-order valence-electron chi connectivity index (χ3n) is 2.21. The molecule has 0 fully saturated rings. The molecule has 0 aromatic carbocycles. The molecule has 0 heterocycles. The van der Waals surface area contributed by atoms with E-state index in [-0.39, 0.29) is 12.7 Å². The van der Waals surface area contributed by atoms with Crippen LogP contribution in [0.5, 0.6) is 0 Å². The number of ether oxygens (including phenoxy) is 2. The highest BCUT2D eigenvalue weighted by Gasteiger charge is 2.30. The molecule has 2 atom stereocenters. The number of hydrogen-bond acceptors (Lipinski definition) is 4. The van der Waals surface area contributed by atoms with Gasteiger partial charge in [0.05, 0.1) is 19.3 Å². The molecule has 96 valence electrons. The summed E-state index contributed by atoms with van der Waals surface area (Å²) < 4.78 is 10.4. The quantitative estimate of drug-likeness (QED) is 0.678. The molecule has 0 rings (SSSR count). The second kappa shape index (κ2) is 6.86. The van der Waals surface area contributed by atoms with Crippen molar-refractivity contribution in [3.63, 3.8) is 0 Å². The van der Waals surface area contributed by atoms with Gasteiger partial charge in [-0.15, -0.1) is 0 Å². The average molecular weight is 231 g/mol. The summed E-state index contributed by atoms with van der Waals surface area (Å²) in [6.07, 6.45) is 1.07. The van der Waals surface area contributed by atoms with E-state index in [4.69, 9.17) is 15.2 Å². The summed E-state index contributed by atoms with van der Waals surface area (Å²) in [5, 5.41) is 0. The molecule has 4 heteroatoms. The van der Waals surface area contributed by atoms with Gasteiger partial charge in [0.25, 0.3) is 0 Å². The van der Waals surface area contributed by atoms with Gasteiger partial charge >= 0.3 is 5.97 Å². The van der Waals surface area contributed by atoms with Crippen molar-refractivity contribution in [2.45, 2.75) is 52.7 Å². The maximum absolute atomic E-state index is 11.5. The Kier molecular flexibility index (Phi) is 6.60. The van der Waals surface area contributed by atoms with Crippen LogP contribution < -0.4 is 5.73 Å². The Balaban J connectivity index is 4.02. The van der Waals surface area contributed by atoms with Crippen LogP contribution in [-0.2, 0) is 14.3 Å². The molecule has 0 aromatic heterocycles. The fourth-order valence-electron chi connectivity index (χ4n) is 1.40. The molecule has 16 heavy (non-hydrogen) atoms. The molecule has 0 radical (unpaired) electrons. The third-order valence-corrected chi connectivity index (χ3v) is 2.21. The summed E-state index contributed by atoms with van der Waals surface area (Å²) in [4.78, 5) is 11.5. The van der Waals surface area contributed by atoms with E-state index in [9.17, 15) is 4.79 Å². The first-order chi connectivity index (χ1) is 7.29. The summed E-state index contributed by atoms with van der Waals surface area (Å²) >= 11 is 0. The monoisotopic (exact) mass is 231 g/mol. The van der Waals surface area contributed by atoms with Crippen LogP contribution in [-0.4, -0.2) is 30.8 Å². The molecular formula is C12H25NO3. The van der Waals surface area contributed by atoms with E-state index in [1.807, 2.05) is 6.92 Å². The van der Waals surface area contributed by atoms with Crippen LogP contribution in [0.3, 0.4) is 0 Å². The van der Waals surface area contributed by atoms with Crippen LogP contribution in [0.2, 0.25) is 0 Å². The Bertz CT molecular complexity index is 214. The third kappa shape index (κ3) is 6.08. The number of rotatable bonds is 7. The van der Waals surface area contributed by atoms with Gasteiger partial charge in [-0.1, -0.05) is 13.8 Å². The van der Waals surface area contributed by atoms with Crippen molar-refractivity contribution < 1.29 is 14.3 Å². The van der Waals surface area contributed by atoms with Gasteiger partial charge in [-0.3, -0.25) is 0 Å². The molecule has 0 aliphatic heterocycles. The second-order valence-electron chi connectivity index (χ2n) is 4.89. The summed E-state index contributed by atoms with van der Waals surface area (Å²) in [7, 11) is 0. The van der Waals surface area contributed by atoms with Gasteiger partial charge in [-0.25, -0.2) is 4.79 Å². The highest BCUT2D eigenvalue weighted by molar-refractivity contribution is 5.80. The molecule has 0 saturated heterocycles. The molecule has 2 N–H and O–H groups in total. The molecule has 0 aromatic rings. The number of carbonyl (C=O) groups is 1. The Morgan fingerprint density at radius 2 is 1.94 bits per heavy atom. The van der Waals surface area contributed by atoms with E-state index >= 15 is 0 Å². The van der Waals surface area contributed by atoms with Crippen LogP contribution in [0.25, 0.3) is 0 Å². The van der Waals surface area contributed by atoms with Crippen LogP contribution in [0.1, 0.15) is 41.0 Å². The maximum atomic E-state index is 11.5. The van der Waals surface area contributed by atoms with Crippen molar-refractivity contribution in [1.29, 1.82) is 0 Å². The lowest BCUT2D eigenvalue weighted by Gasteiger charge is -2.24. The van der Waals surface area contributed by atoms with Gasteiger partial charge in [0.15, 0.2) is 0 Å². The first-order valence-corrected chi connectivity index (χ1v) is 5.87. The molecule has 0 spiro atoms.